The molecule has 0 spiro atoms. The van der Waals surface area contributed by atoms with Crippen molar-refractivity contribution in [2.24, 2.45) is 0 Å². The van der Waals surface area contributed by atoms with Crippen LogP contribution in [0.5, 0.6) is 0 Å². The summed E-state index contributed by atoms with van der Waals surface area (Å²) in [6.07, 6.45) is 1.93. The zero-order valence-corrected chi connectivity index (χ0v) is 19.7. The Kier molecular flexibility index (Phi) is 9.94. The van der Waals surface area contributed by atoms with Gasteiger partial charge in [0.15, 0.2) is 0 Å². The molecule has 9 heteroatoms. The zero-order chi connectivity index (χ0) is 23.7. The summed E-state index contributed by atoms with van der Waals surface area (Å²) in [5.74, 6) is -0.662. The van der Waals surface area contributed by atoms with Gasteiger partial charge in [-0.05, 0) is 30.5 Å². The number of nitrogens with one attached hydrogen (secondary N) is 1. The fraction of sp³-hybridized carbons (Fsp3) is 0.391. The highest BCUT2D eigenvalue weighted by Gasteiger charge is 2.30. The van der Waals surface area contributed by atoms with Crippen LogP contribution >= 0.6 is 23.2 Å². The van der Waals surface area contributed by atoms with Crippen molar-refractivity contribution in [1.82, 2.24) is 10.2 Å². The molecular weight excluding hydrogens is 453 g/mol. The van der Waals surface area contributed by atoms with Crippen LogP contribution in [-0.4, -0.2) is 34.2 Å². The second-order valence-electron chi connectivity index (χ2n) is 7.39. The molecule has 7 nitrogen and oxygen atoms in total. The van der Waals surface area contributed by atoms with Crippen molar-refractivity contribution in [2.75, 3.05) is 6.54 Å². The Morgan fingerprint density at radius 3 is 2.47 bits per heavy atom. The molecule has 2 aromatic rings. The highest BCUT2D eigenvalue weighted by Crippen LogP contribution is 2.25. The van der Waals surface area contributed by atoms with Gasteiger partial charge in [0.1, 0.15) is 6.04 Å². The molecule has 2 amide bonds. The van der Waals surface area contributed by atoms with Crippen molar-refractivity contribution >= 4 is 40.7 Å². The number of nitro benzene ring substituents is 1. The average Bonchev–Trinajstić information content (AvgIpc) is 2.75. The Bertz CT molecular complexity index is 968. The van der Waals surface area contributed by atoms with Crippen LogP contribution in [-0.2, 0) is 22.6 Å². The molecule has 0 radical (unpaired) electrons. The quantitative estimate of drug-likeness (QED) is 0.273. The van der Waals surface area contributed by atoms with E-state index in [1.807, 2.05) is 13.8 Å². The van der Waals surface area contributed by atoms with Gasteiger partial charge in [-0.2, -0.15) is 0 Å². The van der Waals surface area contributed by atoms with Gasteiger partial charge >= 0.3 is 0 Å². The Balaban J connectivity index is 2.36. The number of amides is 2. The number of rotatable bonds is 11. The average molecular weight is 480 g/mol. The van der Waals surface area contributed by atoms with Gasteiger partial charge < -0.3 is 10.2 Å². The van der Waals surface area contributed by atoms with E-state index < -0.39 is 16.9 Å². The van der Waals surface area contributed by atoms with Gasteiger partial charge in [-0.3, -0.25) is 19.7 Å². The maximum Gasteiger partial charge on any atom is 0.273 e. The Morgan fingerprint density at radius 1 is 1.12 bits per heavy atom. The van der Waals surface area contributed by atoms with Crippen molar-refractivity contribution in [3.63, 3.8) is 0 Å². The molecule has 0 aliphatic heterocycles. The molecule has 0 fully saturated rings. The van der Waals surface area contributed by atoms with Crippen molar-refractivity contribution < 1.29 is 14.5 Å². The van der Waals surface area contributed by atoms with Gasteiger partial charge in [0.25, 0.3) is 5.69 Å². The van der Waals surface area contributed by atoms with Crippen LogP contribution in [0.15, 0.2) is 42.5 Å². The number of hydrogen-bond donors (Lipinski definition) is 1. The van der Waals surface area contributed by atoms with Crippen molar-refractivity contribution in [3.05, 3.63) is 73.8 Å². The van der Waals surface area contributed by atoms with Crippen LogP contribution in [0, 0.1) is 10.1 Å². The minimum absolute atomic E-state index is 0.0785. The molecule has 0 bridgehead atoms. The lowest BCUT2D eigenvalue weighted by Gasteiger charge is -2.31. The maximum atomic E-state index is 13.4. The normalized spacial score (nSPS) is 11.6. The summed E-state index contributed by atoms with van der Waals surface area (Å²) >= 11 is 12.3. The molecule has 172 valence electrons. The van der Waals surface area contributed by atoms with E-state index in [-0.39, 0.29) is 30.1 Å². The highest BCUT2D eigenvalue weighted by molar-refractivity contribution is 6.35. The van der Waals surface area contributed by atoms with E-state index in [0.29, 0.717) is 28.6 Å². The first-order chi connectivity index (χ1) is 15.3. The third kappa shape index (κ3) is 6.93. The molecule has 2 aromatic carbocycles. The van der Waals surface area contributed by atoms with Crippen LogP contribution in [0.1, 0.15) is 44.2 Å². The molecule has 0 heterocycles. The van der Waals surface area contributed by atoms with Crippen LogP contribution < -0.4 is 5.32 Å². The van der Waals surface area contributed by atoms with Gasteiger partial charge in [-0.25, -0.2) is 0 Å². The van der Waals surface area contributed by atoms with Gasteiger partial charge in [-0.1, -0.05) is 67.7 Å². The molecule has 2 rings (SSSR count). The summed E-state index contributed by atoms with van der Waals surface area (Å²) in [5.41, 5.74) is 0.786. The molecule has 0 saturated heterocycles. The first kappa shape index (κ1) is 25.6. The fourth-order valence-corrected chi connectivity index (χ4v) is 3.83. The predicted molar refractivity (Wildman–Crippen MR) is 126 cm³/mol. The van der Waals surface area contributed by atoms with E-state index in [1.165, 1.54) is 11.0 Å². The van der Waals surface area contributed by atoms with Crippen LogP contribution in [0.4, 0.5) is 5.69 Å². The van der Waals surface area contributed by atoms with E-state index >= 15 is 0 Å². The van der Waals surface area contributed by atoms with Gasteiger partial charge in [0.05, 0.1) is 11.3 Å². The minimum Gasteiger partial charge on any atom is -0.354 e. The number of carbonyl (C=O) groups excluding carboxylic acids is 2. The lowest BCUT2D eigenvalue weighted by molar-refractivity contribution is -0.385. The van der Waals surface area contributed by atoms with E-state index in [2.05, 4.69) is 5.32 Å². The molecule has 1 atom stereocenters. The van der Waals surface area contributed by atoms with E-state index in [4.69, 9.17) is 23.2 Å². The molecule has 0 aliphatic carbocycles. The summed E-state index contributed by atoms with van der Waals surface area (Å²) < 4.78 is 0. The fourth-order valence-electron chi connectivity index (χ4n) is 3.36. The number of nitro groups is 1. The summed E-state index contributed by atoms with van der Waals surface area (Å²) in [5, 5.41) is 15.1. The summed E-state index contributed by atoms with van der Waals surface area (Å²) in [6, 6.07) is 10.3. The third-order valence-corrected chi connectivity index (χ3v) is 5.69. The van der Waals surface area contributed by atoms with Gasteiger partial charge in [-0.15, -0.1) is 0 Å². The highest BCUT2D eigenvalue weighted by atomic mass is 35.5. The Morgan fingerprint density at radius 2 is 1.84 bits per heavy atom. The number of benzene rings is 2. The van der Waals surface area contributed by atoms with Crippen molar-refractivity contribution in [2.45, 2.75) is 52.1 Å². The van der Waals surface area contributed by atoms with Gasteiger partial charge in [0.2, 0.25) is 11.8 Å². The number of nitrogens with zero attached hydrogens (tertiary/aromatic N) is 2. The monoisotopic (exact) mass is 479 g/mol. The third-order valence-electron chi connectivity index (χ3n) is 5.10. The van der Waals surface area contributed by atoms with Crippen molar-refractivity contribution in [3.8, 4) is 0 Å². The number of carbonyl (C=O) groups is 2. The molecular formula is C23H27Cl2N3O4. The summed E-state index contributed by atoms with van der Waals surface area (Å²) in [7, 11) is 0. The predicted octanol–water partition coefficient (Wildman–Crippen LogP) is 5.17. The largest absolute Gasteiger partial charge is 0.354 e. The SMILES string of the molecule is CCCCNC(=O)[C@@H](CC)N(Cc1ccc(Cl)cc1Cl)C(=O)Cc1ccccc1[N+](=O)[O-]. The molecule has 0 saturated carbocycles. The van der Waals surface area contributed by atoms with Gasteiger partial charge in [0, 0.05) is 34.8 Å². The van der Waals surface area contributed by atoms with E-state index in [9.17, 15) is 19.7 Å². The Labute approximate surface area is 197 Å². The first-order valence-electron chi connectivity index (χ1n) is 10.5. The number of unbranched alkanes of at least 4 members (excludes halogenated alkanes) is 1. The summed E-state index contributed by atoms with van der Waals surface area (Å²) in [4.78, 5) is 38.5. The minimum atomic E-state index is -0.742. The summed E-state index contributed by atoms with van der Waals surface area (Å²) in [6.45, 7) is 4.43. The maximum absolute atomic E-state index is 13.4. The molecule has 1 N–H and O–H groups in total. The smallest absolute Gasteiger partial charge is 0.273 e. The molecule has 32 heavy (non-hydrogen) atoms. The van der Waals surface area contributed by atoms with Crippen molar-refractivity contribution in [1.29, 1.82) is 0 Å². The second kappa shape index (κ2) is 12.4. The first-order valence-corrected chi connectivity index (χ1v) is 11.3. The number of para-hydroxylation sites is 1. The van der Waals surface area contributed by atoms with E-state index in [1.54, 1.807) is 36.4 Å². The Hall–Kier alpha value is -2.64. The standard InChI is InChI=1S/C23H27Cl2N3O4/c1-3-5-12-26-23(30)20(4-2)27(15-17-10-11-18(24)14-19(17)25)22(29)13-16-8-6-7-9-21(16)28(31)32/h6-11,14,20H,3-5,12-13,15H2,1-2H3,(H,26,30)/t20-/m1/s1. The lowest BCUT2D eigenvalue weighted by atomic mass is 10.1. The molecule has 0 aromatic heterocycles. The van der Waals surface area contributed by atoms with Crippen LogP contribution in [0.25, 0.3) is 0 Å². The second-order valence-corrected chi connectivity index (χ2v) is 8.23. The molecule has 0 unspecified atom stereocenters. The zero-order valence-electron chi connectivity index (χ0n) is 18.1. The topological polar surface area (TPSA) is 92.6 Å². The number of halogens is 2. The van der Waals surface area contributed by atoms with E-state index in [0.717, 1.165) is 12.8 Å². The lowest BCUT2D eigenvalue weighted by Crippen LogP contribution is -2.49. The van der Waals surface area contributed by atoms with Crippen LogP contribution in [0.2, 0.25) is 10.0 Å². The molecule has 0 aliphatic rings. The number of hydrogen-bond acceptors (Lipinski definition) is 4. The van der Waals surface area contributed by atoms with Crippen LogP contribution in [0.3, 0.4) is 0 Å².